The normalized spacial score (nSPS) is 19.3. The van der Waals surface area contributed by atoms with E-state index in [0.717, 1.165) is 61.5 Å². The predicted octanol–water partition coefficient (Wildman–Crippen LogP) is 3.13. The van der Waals surface area contributed by atoms with Crippen molar-refractivity contribution >= 4 is 34.7 Å². The Morgan fingerprint density at radius 2 is 1.88 bits per heavy atom. The Morgan fingerprint density at radius 1 is 1.09 bits per heavy atom. The average Bonchev–Trinajstić information content (AvgIpc) is 3.13. The Morgan fingerprint density at radius 3 is 2.71 bits per heavy atom. The molecule has 0 spiro atoms. The lowest BCUT2D eigenvalue weighted by atomic mass is 10.0. The zero-order valence-electron chi connectivity index (χ0n) is 19.4. The van der Waals surface area contributed by atoms with Gasteiger partial charge in [0.25, 0.3) is 0 Å². The van der Waals surface area contributed by atoms with Gasteiger partial charge < -0.3 is 25.8 Å². The van der Waals surface area contributed by atoms with Crippen molar-refractivity contribution in [2.45, 2.75) is 25.3 Å². The van der Waals surface area contributed by atoms with Crippen LogP contribution in [0.2, 0.25) is 0 Å². The van der Waals surface area contributed by atoms with Gasteiger partial charge in [0.05, 0.1) is 11.9 Å². The molecule has 0 atom stereocenters. The molecule has 1 aromatic heterocycles. The summed E-state index contributed by atoms with van der Waals surface area (Å²) in [4.78, 5) is 35.4. The van der Waals surface area contributed by atoms with Gasteiger partial charge in [-0.05, 0) is 48.6 Å². The molecule has 3 amide bonds. The molecule has 1 aromatic carbocycles. The van der Waals surface area contributed by atoms with Crippen molar-refractivity contribution in [1.82, 2.24) is 14.8 Å². The van der Waals surface area contributed by atoms with Crippen LogP contribution in [-0.2, 0) is 11.2 Å². The highest BCUT2D eigenvalue weighted by atomic mass is 16.2. The molecule has 5 rings (SSSR count). The highest BCUT2D eigenvalue weighted by molar-refractivity contribution is 5.94. The van der Waals surface area contributed by atoms with Gasteiger partial charge in [0.1, 0.15) is 5.82 Å². The summed E-state index contributed by atoms with van der Waals surface area (Å²) >= 11 is 0. The number of nitrogens with one attached hydrogen (secondary N) is 1. The SMILES string of the molecule is CN1CC=C(c2cc(N3CCC(N4CCc5ccccc5NC4=O)CC3)ncc2N)C=CC1=O. The zero-order chi connectivity index (χ0) is 23.7. The van der Waals surface area contributed by atoms with Gasteiger partial charge in [0.2, 0.25) is 5.91 Å². The van der Waals surface area contributed by atoms with Gasteiger partial charge in [-0.25, -0.2) is 9.78 Å². The number of likely N-dealkylation sites (N-methyl/N-ethyl adjacent to an activating group) is 1. The van der Waals surface area contributed by atoms with Crippen LogP contribution in [0.5, 0.6) is 0 Å². The quantitative estimate of drug-likeness (QED) is 0.737. The molecule has 176 valence electrons. The summed E-state index contributed by atoms with van der Waals surface area (Å²) in [7, 11) is 1.78. The predicted molar refractivity (Wildman–Crippen MR) is 135 cm³/mol. The maximum absolute atomic E-state index is 12.9. The number of pyridine rings is 1. The first-order chi connectivity index (χ1) is 16.5. The van der Waals surface area contributed by atoms with E-state index in [1.807, 2.05) is 41.3 Å². The van der Waals surface area contributed by atoms with Gasteiger partial charge in [-0.1, -0.05) is 24.3 Å². The number of rotatable bonds is 3. The molecule has 0 aliphatic carbocycles. The second-order valence-corrected chi connectivity index (χ2v) is 9.09. The number of para-hydroxylation sites is 1. The van der Waals surface area contributed by atoms with E-state index < -0.39 is 0 Å². The summed E-state index contributed by atoms with van der Waals surface area (Å²) in [6.45, 7) is 2.89. The number of aromatic nitrogens is 1. The lowest BCUT2D eigenvalue weighted by molar-refractivity contribution is -0.124. The lowest BCUT2D eigenvalue weighted by Gasteiger charge is -2.38. The molecule has 3 aliphatic heterocycles. The number of hydrogen-bond acceptors (Lipinski definition) is 5. The Bertz CT molecular complexity index is 1170. The van der Waals surface area contributed by atoms with E-state index in [4.69, 9.17) is 5.73 Å². The number of piperidine rings is 1. The van der Waals surface area contributed by atoms with Crippen LogP contribution in [0.15, 0.2) is 54.8 Å². The van der Waals surface area contributed by atoms with E-state index in [9.17, 15) is 9.59 Å². The van der Waals surface area contributed by atoms with E-state index >= 15 is 0 Å². The van der Waals surface area contributed by atoms with Crippen molar-refractivity contribution in [3.63, 3.8) is 0 Å². The number of anilines is 3. The number of nitrogen functional groups attached to an aromatic ring is 1. The van der Waals surface area contributed by atoms with Crippen LogP contribution in [0.1, 0.15) is 24.0 Å². The number of benzene rings is 1. The van der Waals surface area contributed by atoms with Crippen LogP contribution in [0.4, 0.5) is 22.0 Å². The van der Waals surface area contributed by atoms with Gasteiger partial charge in [0.15, 0.2) is 0 Å². The van der Waals surface area contributed by atoms with Crippen molar-refractivity contribution in [3.8, 4) is 0 Å². The zero-order valence-corrected chi connectivity index (χ0v) is 19.4. The third-order valence-electron chi connectivity index (χ3n) is 6.97. The van der Waals surface area contributed by atoms with Crippen LogP contribution in [0.25, 0.3) is 5.57 Å². The first-order valence-electron chi connectivity index (χ1n) is 11.8. The Labute approximate surface area is 199 Å². The number of carbonyl (C=O) groups is 2. The highest BCUT2D eigenvalue weighted by Gasteiger charge is 2.30. The average molecular weight is 459 g/mol. The van der Waals surface area contributed by atoms with E-state index in [2.05, 4.69) is 21.3 Å². The minimum Gasteiger partial charge on any atom is -0.397 e. The summed E-state index contributed by atoms with van der Waals surface area (Å²) in [6, 6.07) is 10.2. The molecule has 0 saturated carbocycles. The number of allylic oxidation sites excluding steroid dienone is 2. The van der Waals surface area contributed by atoms with Crippen LogP contribution in [0, 0.1) is 0 Å². The molecule has 4 heterocycles. The van der Waals surface area contributed by atoms with Gasteiger partial charge in [0, 0.05) is 56.6 Å². The second-order valence-electron chi connectivity index (χ2n) is 9.09. The number of nitrogens with two attached hydrogens (primary N) is 1. The van der Waals surface area contributed by atoms with Crippen molar-refractivity contribution in [3.05, 3.63) is 65.9 Å². The van der Waals surface area contributed by atoms with E-state index in [1.165, 1.54) is 5.56 Å². The van der Waals surface area contributed by atoms with Crippen LogP contribution in [-0.4, -0.2) is 66.0 Å². The van der Waals surface area contributed by atoms with E-state index in [0.29, 0.717) is 12.2 Å². The molecule has 0 unspecified atom stereocenters. The molecular formula is C26H30N6O2. The van der Waals surface area contributed by atoms with Crippen LogP contribution in [0.3, 0.4) is 0 Å². The number of hydrogen-bond donors (Lipinski definition) is 2. The van der Waals surface area contributed by atoms with Crippen molar-refractivity contribution in [2.75, 3.05) is 49.2 Å². The monoisotopic (exact) mass is 458 g/mol. The van der Waals surface area contributed by atoms with Crippen molar-refractivity contribution in [2.24, 2.45) is 0 Å². The third-order valence-corrected chi connectivity index (χ3v) is 6.97. The maximum Gasteiger partial charge on any atom is 0.322 e. The Hall–Kier alpha value is -3.81. The fourth-order valence-electron chi connectivity index (χ4n) is 4.90. The van der Waals surface area contributed by atoms with Crippen molar-refractivity contribution < 1.29 is 9.59 Å². The van der Waals surface area contributed by atoms with Gasteiger partial charge in [-0.2, -0.15) is 0 Å². The first kappa shape index (κ1) is 22.0. The molecule has 3 aliphatic rings. The fraction of sp³-hybridized carbons (Fsp3) is 0.346. The summed E-state index contributed by atoms with van der Waals surface area (Å²) < 4.78 is 0. The van der Waals surface area contributed by atoms with Crippen LogP contribution >= 0.6 is 0 Å². The number of amides is 3. The standard InChI is InChI=1S/C26H30N6O2/c1-30-12-8-18(6-7-25(30)33)21-16-24(28-17-22(21)27)31-13-10-20(11-14-31)32-15-9-19-4-2-3-5-23(19)29-26(32)34/h2-8,16-17,20H,9-15,27H2,1H3,(H,29,34). The largest absolute Gasteiger partial charge is 0.397 e. The number of fused-ring (bicyclic) bond motifs is 1. The minimum absolute atomic E-state index is 0.0112. The first-order valence-corrected chi connectivity index (χ1v) is 11.8. The summed E-state index contributed by atoms with van der Waals surface area (Å²) in [5.74, 6) is 0.843. The summed E-state index contributed by atoms with van der Waals surface area (Å²) in [5.41, 5.74) is 10.8. The molecule has 3 N–H and O–H groups in total. The molecule has 0 bridgehead atoms. The molecule has 2 aromatic rings. The number of carbonyl (C=O) groups excluding carboxylic acids is 2. The molecule has 0 radical (unpaired) electrons. The van der Waals surface area contributed by atoms with Gasteiger partial charge in [-0.15, -0.1) is 0 Å². The molecule has 8 heteroatoms. The van der Waals surface area contributed by atoms with Crippen molar-refractivity contribution in [1.29, 1.82) is 0 Å². The molecular weight excluding hydrogens is 428 g/mol. The summed E-state index contributed by atoms with van der Waals surface area (Å²) in [6.07, 6.45) is 9.73. The minimum atomic E-state index is -0.0261. The van der Waals surface area contributed by atoms with E-state index in [1.54, 1.807) is 24.2 Å². The maximum atomic E-state index is 12.9. The number of urea groups is 1. The number of nitrogens with zero attached hydrogens (tertiary/aromatic N) is 4. The Kier molecular flexibility index (Phi) is 5.96. The lowest BCUT2D eigenvalue weighted by Crippen LogP contribution is -2.49. The molecule has 1 saturated heterocycles. The molecule has 8 nitrogen and oxygen atoms in total. The topological polar surface area (TPSA) is 94.8 Å². The fourth-order valence-corrected chi connectivity index (χ4v) is 4.90. The van der Waals surface area contributed by atoms with E-state index in [-0.39, 0.29) is 18.0 Å². The summed E-state index contributed by atoms with van der Waals surface area (Å²) in [5, 5.41) is 3.08. The third kappa shape index (κ3) is 4.35. The molecule has 1 fully saturated rings. The van der Waals surface area contributed by atoms with Gasteiger partial charge in [-0.3, -0.25) is 4.79 Å². The Balaban J connectivity index is 1.27. The van der Waals surface area contributed by atoms with Gasteiger partial charge >= 0.3 is 6.03 Å². The molecule has 34 heavy (non-hydrogen) atoms. The smallest absolute Gasteiger partial charge is 0.322 e. The van der Waals surface area contributed by atoms with Crippen LogP contribution < -0.4 is 16.0 Å². The second kappa shape index (κ2) is 9.21. The highest BCUT2D eigenvalue weighted by Crippen LogP contribution is 2.30.